The molecule has 1 aliphatic rings. The number of nitrogens with zero attached hydrogens (tertiary/aromatic N) is 4. The third-order valence-corrected chi connectivity index (χ3v) is 3.98. The van der Waals surface area contributed by atoms with Crippen molar-refractivity contribution in [1.82, 2.24) is 14.9 Å². The molecule has 0 unspecified atom stereocenters. The van der Waals surface area contributed by atoms with Gasteiger partial charge >= 0.3 is 0 Å². The van der Waals surface area contributed by atoms with Crippen molar-refractivity contribution in [3.8, 4) is 0 Å². The molecule has 5 nitrogen and oxygen atoms in total. The smallest absolute Gasteiger partial charge is 0.169 e. The summed E-state index contributed by atoms with van der Waals surface area (Å²) in [5.41, 5.74) is 2.40. The summed E-state index contributed by atoms with van der Waals surface area (Å²) in [5, 5.41) is 0. The Hall–Kier alpha value is -1.40. The summed E-state index contributed by atoms with van der Waals surface area (Å²) in [6.45, 7) is 2.65. The molecule has 3 rings (SSSR count). The van der Waals surface area contributed by atoms with Crippen molar-refractivity contribution in [1.29, 1.82) is 0 Å². The number of hydrogen-bond acceptors (Lipinski definition) is 5. The summed E-state index contributed by atoms with van der Waals surface area (Å²) in [7, 11) is 4.16. The van der Waals surface area contributed by atoms with Crippen molar-refractivity contribution in [3.05, 3.63) is 40.1 Å². The van der Waals surface area contributed by atoms with Crippen molar-refractivity contribution < 1.29 is 4.42 Å². The molecule has 0 saturated carbocycles. The molecule has 106 valence electrons. The topological polar surface area (TPSA) is 45.4 Å². The molecule has 0 fully saturated rings. The molecular weight excluding hydrogens is 320 g/mol. The van der Waals surface area contributed by atoms with Gasteiger partial charge in [-0.2, -0.15) is 0 Å². The lowest BCUT2D eigenvalue weighted by atomic mass is 10.1. The molecule has 0 radical (unpaired) electrons. The molecule has 20 heavy (non-hydrogen) atoms. The fourth-order valence-corrected chi connectivity index (χ4v) is 2.88. The molecule has 0 spiro atoms. The van der Waals surface area contributed by atoms with E-state index >= 15 is 0 Å². The van der Waals surface area contributed by atoms with Crippen LogP contribution >= 0.6 is 15.9 Å². The van der Waals surface area contributed by atoms with Gasteiger partial charge in [-0.1, -0.05) is 0 Å². The highest BCUT2D eigenvalue weighted by Crippen LogP contribution is 2.26. The second kappa shape index (κ2) is 5.54. The molecule has 0 aliphatic carbocycles. The summed E-state index contributed by atoms with van der Waals surface area (Å²) < 4.78 is 6.32. The monoisotopic (exact) mass is 336 g/mol. The van der Waals surface area contributed by atoms with Crippen molar-refractivity contribution in [2.75, 3.05) is 25.5 Å². The highest BCUT2D eigenvalue weighted by Gasteiger charge is 2.21. The second-order valence-electron chi connectivity index (χ2n) is 5.17. The van der Waals surface area contributed by atoms with E-state index in [4.69, 9.17) is 4.42 Å². The van der Waals surface area contributed by atoms with E-state index in [0.29, 0.717) is 6.54 Å². The fraction of sp³-hybridized carbons (Fsp3) is 0.429. The Labute approximate surface area is 126 Å². The number of anilines is 1. The normalized spacial score (nSPS) is 15.2. The van der Waals surface area contributed by atoms with E-state index in [2.05, 4.69) is 42.7 Å². The van der Waals surface area contributed by atoms with E-state index in [1.165, 1.54) is 11.3 Å². The fourth-order valence-electron chi connectivity index (χ4n) is 2.54. The molecule has 0 N–H and O–H groups in total. The predicted octanol–water partition coefficient (Wildman–Crippen LogP) is 2.46. The number of furan rings is 1. The number of halogens is 1. The van der Waals surface area contributed by atoms with Crippen LogP contribution in [0.2, 0.25) is 0 Å². The standard InChI is InChI=1S/C14H17BrN4O/c1-18-6-5-12-11(8-18)14(17-9-16-12)19(2)7-10-3-4-13(15)20-10/h3-4,9H,5-8H2,1-2H3. The van der Waals surface area contributed by atoms with Crippen LogP contribution in [0.4, 0.5) is 5.82 Å². The molecular formula is C14H17BrN4O. The van der Waals surface area contributed by atoms with Crippen LogP contribution < -0.4 is 4.90 Å². The number of likely N-dealkylation sites (N-methyl/N-ethyl adjacent to an activating group) is 1. The number of hydrogen-bond donors (Lipinski definition) is 0. The number of fused-ring (bicyclic) bond motifs is 1. The Kier molecular flexibility index (Phi) is 3.76. The third kappa shape index (κ3) is 2.71. The van der Waals surface area contributed by atoms with Gasteiger partial charge in [0.25, 0.3) is 0 Å². The summed E-state index contributed by atoms with van der Waals surface area (Å²) in [5.74, 6) is 1.91. The van der Waals surface area contributed by atoms with Crippen LogP contribution in [0.3, 0.4) is 0 Å². The Morgan fingerprint density at radius 3 is 3.00 bits per heavy atom. The molecule has 2 aromatic heterocycles. The summed E-state index contributed by atoms with van der Waals surface area (Å²) in [6.07, 6.45) is 2.65. The lowest BCUT2D eigenvalue weighted by Crippen LogP contribution is -2.30. The van der Waals surface area contributed by atoms with E-state index in [0.717, 1.165) is 35.8 Å². The van der Waals surface area contributed by atoms with Gasteiger partial charge in [0.2, 0.25) is 0 Å². The molecule has 0 aromatic carbocycles. The average molecular weight is 337 g/mol. The van der Waals surface area contributed by atoms with E-state index in [1.54, 1.807) is 6.33 Å². The van der Waals surface area contributed by atoms with Crippen LogP contribution in [-0.2, 0) is 19.5 Å². The van der Waals surface area contributed by atoms with Gasteiger partial charge in [0.15, 0.2) is 4.67 Å². The van der Waals surface area contributed by atoms with E-state index in [-0.39, 0.29) is 0 Å². The van der Waals surface area contributed by atoms with Crippen LogP contribution in [0.1, 0.15) is 17.0 Å². The van der Waals surface area contributed by atoms with Gasteiger partial charge in [0, 0.05) is 32.1 Å². The van der Waals surface area contributed by atoms with Crippen molar-refractivity contribution in [2.45, 2.75) is 19.5 Å². The Balaban J connectivity index is 1.86. The van der Waals surface area contributed by atoms with Crippen LogP contribution in [0.25, 0.3) is 0 Å². The van der Waals surface area contributed by atoms with E-state index in [1.807, 2.05) is 19.2 Å². The first-order chi connectivity index (χ1) is 9.63. The summed E-state index contributed by atoms with van der Waals surface area (Å²) in [4.78, 5) is 13.3. The Morgan fingerprint density at radius 1 is 1.40 bits per heavy atom. The van der Waals surface area contributed by atoms with Crippen LogP contribution in [0.15, 0.2) is 27.5 Å². The minimum Gasteiger partial charge on any atom is -0.452 e. The summed E-state index contributed by atoms with van der Waals surface area (Å²) >= 11 is 3.33. The minimum absolute atomic E-state index is 0.693. The van der Waals surface area contributed by atoms with Gasteiger partial charge < -0.3 is 14.2 Å². The zero-order valence-corrected chi connectivity index (χ0v) is 13.2. The van der Waals surface area contributed by atoms with Gasteiger partial charge in [-0.3, -0.25) is 0 Å². The maximum atomic E-state index is 5.56. The predicted molar refractivity (Wildman–Crippen MR) is 80.6 cm³/mol. The SMILES string of the molecule is CN1CCc2ncnc(N(C)Cc3ccc(Br)o3)c2C1. The molecule has 2 aromatic rings. The van der Waals surface area contributed by atoms with Crippen molar-refractivity contribution >= 4 is 21.7 Å². The lowest BCUT2D eigenvalue weighted by molar-refractivity contribution is 0.309. The third-order valence-electron chi connectivity index (χ3n) is 3.55. The molecule has 0 saturated heterocycles. The second-order valence-corrected chi connectivity index (χ2v) is 5.95. The lowest BCUT2D eigenvalue weighted by Gasteiger charge is -2.28. The first kappa shape index (κ1) is 13.6. The zero-order valence-electron chi connectivity index (χ0n) is 11.6. The van der Waals surface area contributed by atoms with Crippen LogP contribution in [-0.4, -0.2) is 35.5 Å². The minimum atomic E-state index is 0.693. The molecule has 0 atom stereocenters. The highest BCUT2D eigenvalue weighted by molar-refractivity contribution is 9.10. The zero-order chi connectivity index (χ0) is 14.1. The summed E-state index contributed by atoms with van der Waals surface area (Å²) in [6, 6.07) is 3.88. The Morgan fingerprint density at radius 2 is 2.25 bits per heavy atom. The molecule has 0 bridgehead atoms. The van der Waals surface area contributed by atoms with Gasteiger partial charge in [-0.15, -0.1) is 0 Å². The van der Waals surface area contributed by atoms with Gasteiger partial charge in [0.05, 0.1) is 12.2 Å². The quantitative estimate of drug-likeness (QED) is 0.861. The number of aromatic nitrogens is 2. The number of rotatable bonds is 3. The molecule has 0 amide bonds. The van der Waals surface area contributed by atoms with Gasteiger partial charge in [-0.05, 0) is 35.1 Å². The van der Waals surface area contributed by atoms with Gasteiger partial charge in [0.1, 0.15) is 17.9 Å². The van der Waals surface area contributed by atoms with Gasteiger partial charge in [-0.25, -0.2) is 9.97 Å². The van der Waals surface area contributed by atoms with E-state index < -0.39 is 0 Å². The Bertz CT molecular complexity index is 613. The maximum Gasteiger partial charge on any atom is 0.169 e. The first-order valence-electron chi connectivity index (χ1n) is 6.60. The largest absolute Gasteiger partial charge is 0.452 e. The molecule has 1 aliphatic heterocycles. The van der Waals surface area contributed by atoms with E-state index in [9.17, 15) is 0 Å². The average Bonchev–Trinajstić information content (AvgIpc) is 2.83. The maximum absolute atomic E-state index is 5.56. The molecule has 6 heteroatoms. The van der Waals surface area contributed by atoms with Crippen LogP contribution in [0, 0.1) is 0 Å². The molecule has 3 heterocycles. The highest BCUT2D eigenvalue weighted by atomic mass is 79.9. The van der Waals surface area contributed by atoms with Crippen LogP contribution in [0.5, 0.6) is 0 Å². The van der Waals surface area contributed by atoms with Crippen molar-refractivity contribution in [2.24, 2.45) is 0 Å². The van der Waals surface area contributed by atoms with Crippen molar-refractivity contribution in [3.63, 3.8) is 0 Å². The first-order valence-corrected chi connectivity index (χ1v) is 7.39.